The van der Waals surface area contributed by atoms with Gasteiger partial charge in [-0.3, -0.25) is 9.59 Å². The molecule has 1 fully saturated rings. The van der Waals surface area contributed by atoms with E-state index in [0.29, 0.717) is 45.4 Å². The lowest BCUT2D eigenvalue weighted by Gasteiger charge is -2.33. The van der Waals surface area contributed by atoms with Crippen molar-refractivity contribution in [2.24, 2.45) is 11.7 Å². The molecule has 31 heavy (non-hydrogen) atoms. The van der Waals surface area contributed by atoms with Crippen molar-refractivity contribution in [3.05, 3.63) is 0 Å². The Hall–Kier alpha value is -1.26. The van der Waals surface area contributed by atoms with E-state index in [4.69, 9.17) is 10.5 Å². The summed E-state index contributed by atoms with van der Waals surface area (Å²) < 4.78 is 5.40. The van der Waals surface area contributed by atoms with Crippen LogP contribution in [-0.4, -0.2) is 101 Å². The first kappa shape index (κ1) is 27.8. The number of nitrogens with two attached hydrogens (primary N) is 1. The Morgan fingerprint density at radius 1 is 1.06 bits per heavy atom. The molecule has 0 saturated carbocycles. The number of nitrogens with zero attached hydrogens (tertiary/aromatic N) is 2. The SMILES string of the molecule is CCCC[C@H](N)C(=O)N1CCCCOC[C@@H](O)[C@H](O)[C@@H](O)CN(C(=O)CC(C)C)CC1. The maximum Gasteiger partial charge on any atom is 0.239 e. The zero-order chi connectivity index (χ0) is 23.4. The molecule has 0 spiro atoms. The van der Waals surface area contributed by atoms with Crippen LogP contribution >= 0.6 is 0 Å². The van der Waals surface area contributed by atoms with Gasteiger partial charge in [0.1, 0.15) is 18.3 Å². The maximum absolute atomic E-state index is 12.9. The molecule has 0 aromatic rings. The van der Waals surface area contributed by atoms with Gasteiger partial charge in [0, 0.05) is 39.2 Å². The molecule has 1 saturated heterocycles. The molecule has 1 aliphatic rings. The zero-order valence-electron chi connectivity index (χ0n) is 19.4. The molecule has 0 aliphatic carbocycles. The number of unbranched alkanes of at least 4 members (excludes halogenated alkanes) is 1. The van der Waals surface area contributed by atoms with Crippen LogP contribution in [0.1, 0.15) is 59.3 Å². The number of carbonyl (C=O) groups is 2. The molecule has 9 heteroatoms. The number of carbonyl (C=O) groups excluding carboxylic acids is 2. The number of aliphatic hydroxyl groups is 3. The number of hydrogen-bond acceptors (Lipinski definition) is 7. The summed E-state index contributed by atoms with van der Waals surface area (Å²) >= 11 is 0. The molecule has 1 heterocycles. The van der Waals surface area contributed by atoms with Crippen LogP contribution in [0.4, 0.5) is 0 Å². The summed E-state index contributed by atoms with van der Waals surface area (Å²) in [4.78, 5) is 28.8. The van der Waals surface area contributed by atoms with Crippen LogP contribution in [0.25, 0.3) is 0 Å². The third-order valence-corrected chi connectivity index (χ3v) is 5.52. The van der Waals surface area contributed by atoms with Crippen LogP contribution in [0.15, 0.2) is 0 Å². The van der Waals surface area contributed by atoms with Crippen molar-refractivity contribution in [1.29, 1.82) is 0 Å². The molecular formula is C22H43N3O6. The minimum absolute atomic E-state index is 0.108. The van der Waals surface area contributed by atoms with Gasteiger partial charge in [-0.05, 0) is 25.2 Å². The van der Waals surface area contributed by atoms with E-state index in [1.165, 1.54) is 4.90 Å². The minimum Gasteiger partial charge on any atom is -0.388 e. The van der Waals surface area contributed by atoms with Crippen molar-refractivity contribution in [3.8, 4) is 0 Å². The highest BCUT2D eigenvalue weighted by Gasteiger charge is 2.29. The molecule has 2 amide bonds. The second-order valence-corrected chi connectivity index (χ2v) is 8.92. The fourth-order valence-electron chi connectivity index (χ4n) is 3.55. The predicted octanol–water partition coefficient (Wildman–Crippen LogP) is 0.100. The van der Waals surface area contributed by atoms with Crippen LogP contribution in [0, 0.1) is 5.92 Å². The van der Waals surface area contributed by atoms with E-state index in [-0.39, 0.29) is 37.4 Å². The largest absolute Gasteiger partial charge is 0.388 e. The molecule has 4 atom stereocenters. The number of hydrogen-bond donors (Lipinski definition) is 4. The highest BCUT2D eigenvalue weighted by molar-refractivity contribution is 5.81. The van der Waals surface area contributed by atoms with E-state index in [2.05, 4.69) is 0 Å². The summed E-state index contributed by atoms with van der Waals surface area (Å²) in [5.41, 5.74) is 6.11. The third-order valence-electron chi connectivity index (χ3n) is 5.52. The summed E-state index contributed by atoms with van der Waals surface area (Å²) in [5, 5.41) is 30.7. The van der Waals surface area contributed by atoms with E-state index in [9.17, 15) is 24.9 Å². The van der Waals surface area contributed by atoms with Gasteiger partial charge < -0.3 is 35.6 Å². The fourth-order valence-corrected chi connectivity index (χ4v) is 3.55. The van der Waals surface area contributed by atoms with Gasteiger partial charge in [0.15, 0.2) is 0 Å². The van der Waals surface area contributed by atoms with Crippen molar-refractivity contribution in [3.63, 3.8) is 0 Å². The quantitative estimate of drug-likeness (QED) is 0.455. The van der Waals surface area contributed by atoms with E-state index in [1.54, 1.807) is 4.90 Å². The molecule has 0 bridgehead atoms. The highest BCUT2D eigenvalue weighted by Crippen LogP contribution is 2.11. The van der Waals surface area contributed by atoms with Gasteiger partial charge in [0.05, 0.1) is 12.6 Å². The maximum atomic E-state index is 12.9. The summed E-state index contributed by atoms with van der Waals surface area (Å²) in [6.07, 6.45) is 0.123. The van der Waals surface area contributed by atoms with E-state index in [1.807, 2.05) is 20.8 Å². The van der Waals surface area contributed by atoms with Gasteiger partial charge in [-0.1, -0.05) is 33.6 Å². The first-order chi connectivity index (χ1) is 14.7. The average molecular weight is 446 g/mol. The van der Waals surface area contributed by atoms with Gasteiger partial charge in [0.25, 0.3) is 0 Å². The van der Waals surface area contributed by atoms with Crippen LogP contribution in [0.5, 0.6) is 0 Å². The first-order valence-electron chi connectivity index (χ1n) is 11.6. The summed E-state index contributed by atoms with van der Waals surface area (Å²) in [6.45, 7) is 7.08. The van der Waals surface area contributed by atoms with Crippen molar-refractivity contribution < 1.29 is 29.6 Å². The Morgan fingerprint density at radius 2 is 1.74 bits per heavy atom. The van der Waals surface area contributed by atoms with Gasteiger partial charge in [-0.15, -0.1) is 0 Å². The van der Waals surface area contributed by atoms with Crippen molar-refractivity contribution in [1.82, 2.24) is 9.80 Å². The molecule has 0 unspecified atom stereocenters. The Morgan fingerprint density at radius 3 is 2.39 bits per heavy atom. The number of rotatable bonds is 6. The van der Waals surface area contributed by atoms with Crippen LogP contribution in [0.2, 0.25) is 0 Å². The predicted molar refractivity (Wildman–Crippen MR) is 118 cm³/mol. The second kappa shape index (κ2) is 14.7. The molecule has 0 aromatic heterocycles. The van der Waals surface area contributed by atoms with Crippen molar-refractivity contribution in [2.45, 2.75) is 83.6 Å². The van der Waals surface area contributed by atoms with Crippen molar-refractivity contribution in [2.75, 3.05) is 39.4 Å². The lowest BCUT2D eigenvalue weighted by Crippen LogP contribution is -2.51. The van der Waals surface area contributed by atoms with Gasteiger partial charge >= 0.3 is 0 Å². The smallest absolute Gasteiger partial charge is 0.239 e. The first-order valence-corrected chi connectivity index (χ1v) is 11.6. The number of amides is 2. The zero-order valence-corrected chi connectivity index (χ0v) is 19.4. The molecule has 1 rings (SSSR count). The molecule has 5 N–H and O–H groups in total. The molecular weight excluding hydrogens is 402 g/mol. The Bertz CT molecular complexity index is 533. The van der Waals surface area contributed by atoms with Gasteiger partial charge in [-0.2, -0.15) is 0 Å². The van der Waals surface area contributed by atoms with Gasteiger partial charge in [-0.25, -0.2) is 0 Å². The molecule has 0 aromatic carbocycles. The standard InChI is InChI=1S/C22H43N3O6/c1-4-5-8-17(23)22(30)24-9-6-7-12-31-15-19(27)21(29)18(26)14-25(11-10-24)20(28)13-16(2)3/h16-19,21,26-27,29H,4-15,23H2,1-3H3/t17-,18-,19+,21+/m0/s1. The Labute approximate surface area is 186 Å². The average Bonchev–Trinajstić information content (AvgIpc) is 2.72. The summed E-state index contributed by atoms with van der Waals surface area (Å²) in [6, 6.07) is -0.572. The van der Waals surface area contributed by atoms with Crippen LogP contribution in [0.3, 0.4) is 0 Å². The second-order valence-electron chi connectivity index (χ2n) is 8.92. The number of β-amino-alcohol motifs (C(OH)–C–C–N with tert-alkyl or cyclic N) is 1. The fraction of sp³-hybridized carbons (Fsp3) is 0.909. The summed E-state index contributed by atoms with van der Waals surface area (Å²) in [7, 11) is 0. The number of aliphatic hydroxyl groups excluding tert-OH is 3. The van der Waals surface area contributed by atoms with Crippen molar-refractivity contribution >= 4 is 11.8 Å². The molecule has 182 valence electrons. The van der Waals surface area contributed by atoms with E-state index >= 15 is 0 Å². The van der Waals surface area contributed by atoms with Crippen LogP contribution < -0.4 is 5.73 Å². The molecule has 9 nitrogen and oxygen atoms in total. The Kier molecular flexibility index (Phi) is 13.2. The Balaban J connectivity index is 2.97. The van der Waals surface area contributed by atoms with Crippen LogP contribution in [-0.2, 0) is 14.3 Å². The molecule has 1 aliphatic heterocycles. The molecule has 0 radical (unpaired) electrons. The van der Waals surface area contributed by atoms with E-state index < -0.39 is 24.4 Å². The third kappa shape index (κ3) is 10.3. The minimum atomic E-state index is -1.43. The number of ether oxygens (including phenoxy) is 1. The summed E-state index contributed by atoms with van der Waals surface area (Å²) in [5.74, 6) is -0.169. The lowest BCUT2D eigenvalue weighted by molar-refractivity contribution is -0.140. The van der Waals surface area contributed by atoms with E-state index in [0.717, 1.165) is 12.8 Å². The normalized spacial score (nSPS) is 25.9. The van der Waals surface area contributed by atoms with Gasteiger partial charge in [0.2, 0.25) is 11.8 Å². The lowest BCUT2D eigenvalue weighted by atomic mass is 10.1. The topological polar surface area (TPSA) is 137 Å². The monoisotopic (exact) mass is 445 g/mol. The highest BCUT2D eigenvalue weighted by atomic mass is 16.5.